The van der Waals surface area contributed by atoms with Crippen LogP contribution in [0.5, 0.6) is 0 Å². The van der Waals surface area contributed by atoms with E-state index in [9.17, 15) is 9.59 Å². The van der Waals surface area contributed by atoms with Gasteiger partial charge in [-0.1, -0.05) is 48.3 Å². The normalized spacial score (nSPS) is 10.5. The van der Waals surface area contributed by atoms with E-state index < -0.39 is 0 Å². The van der Waals surface area contributed by atoms with Crippen LogP contribution >= 0.6 is 21.6 Å². The molecule has 0 aromatic rings. The maximum atomic E-state index is 11.5. The molecule has 0 aromatic heterocycles. The topological polar surface area (TPSA) is 58.2 Å². The number of carbonyl (C=O) groups is 2. The first-order valence-corrected chi connectivity index (χ1v) is 11.0. The Morgan fingerprint density at radius 1 is 0.727 bits per heavy atom. The van der Waals surface area contributed by atoms with E-state index in [1.54, 1.807) is 21.6 Å². The molecular weight excluding hydrogens is 316 g/mol. The molecule has 22 heavy (non-hydrogen) atoms. The lowest BCUT2D eigenvalue weighted by molar-refractivity contribution is -0.121. The zero-order valence-electron chi connectivity index (χ0n) is 14.1. The Bertz CT molecular complexity index is 261. The minimum Gasteiger partial charge on any atom is -0.356 e. The summed E-state index contributed by atoms with van der Waals surface area (Å²) < 4.78 is 0. The summed E-state index contributed by atoms with van der Waals surface area (Å²) in [4.78, 5) is 22.9. The molecule has 0 heterocycles. The minimum atomic E-state index is 0.169. The van der Waals surface area contributed by atoms with Crippen molar-refractivity contribution in [3.8, 4) is 0 Å². The Kier molecular flexibility index (Phi) is 16.7. The summed E-state index contributed by atoms with van der Waals surface area (Å²) in [5, 5.41) is 5.86. The highest BCUT2D eigenvalue weighted by atomic mass is 33.1. The van der Waals surface area contributed by atoms with Gasteiger partial charge in [0, 0.05) is 37.4 Å². The van der Waals surface area contributed by atoms with Crippen LogP contribution in [0.3, 0.4) is 0 Å². The van der Waals surface area contributed by atoms with Crippen molar-refractivity contribution in [2.75, 3.05) is 24.6 Å². The zero-order valence-corrected chi connectivity index (χ0v) is 15.8. The van der Waals surface area contributed by atoms with Crippen molar-refractivity contribution < 1.29 is 9.59 Å². The number of hydrogen-bond acceptors (Lipinski definition) is 4. The first kappa shape index (κ1) is 21.6. The number of nitrogens with one attached hydrogen (secondary N) is 2. The second-order valence-corrected chi connectivity index (χ2v) is 7.96. The van der Waals surface area contributed by atoms with Crippen molar-refractivity contribution >= 4 is 33.4 Å². The molecule has 2 amide bonds. The van der Waals surface area contributed by atoms with Gasteiger partial charge in [0.2, 0.25) is 11.8 Å². The van der Waals surface area contributed by atoms with Crippen LogP contribution in [-0.2, 0) is 9.59 Å². The molecule has 130 valence electrons. The van der Waals surface area contributed by atoms with Gasteiger partial charge in [-0.3, -0.25) is 9.59 Å². The van der Waals surface area contributed by atoms with Crippen molar-refractivity contribution in [2.24, 2.45) is 0 Å². The van der Waals surface area contributed by atoms with E-state index in [-0.39, 0.29) is 11.8 Å². The molecule has 2 N–H and O–H groups in total. The Labute approximate surface area is 143 Å². The van der Waals surface area contributed by atoms with Gasteiger partial charge in [-0.2, -0.15) is 0 Å². The van der Waals surface area contributed by atoms with Crippen molar-refractivity contribution in [1.82, 2.24) is 10.6 Å². The summed E-state index contributed by atoms with van der Waals surface area (Å²) >= 11 is 0. The van der Waals surface area contributed by atoms with Gasteiger partial charge in [0.1, 0.15) is 0 Å². The van der Waals surface area contributed by atoms with Gasteiger partial charge in [-0.05, 0) is 25.7 Å². The molecule has 0 atom stereocenters. The van der Waals surface area contributed by atoms with Crippen molar-refractivity contribution in [2.45, 2.75) is 65.2 Å². The van der Waals surface area contributed by atoms with Crippen molar-refractivity contribution in [1.29, 1.82) is 0 Å². The second-order valence-electron chi connectivity index (χ2n) is 5.26. The SMILES string of the molecule is CCCCNC(=O)CCCSSCCCC(=O)NCCCC. The van der Waals surface area contributed by atoms with Crippen LogP contribution in [0.25, 0.3) is 0 Å². The number of amides is 2. The Hall–Kier alpha value is -0.360. The summed E-state index contributed by atoms with van der Waals surface area (Å²) in [6, 6.07) is 0. The fourth-order valence-electron chi connectivity index (χ4n) is 1.69. The van der Waals surface area contributed by atoms with E-state index in [4.69, 9.17) is 0 Å². The number of carbonyl (C=O) groups excluding carboxylic acids is 2. The molecule has 0 spiro atoms. The van der Waals surface area contributed by atoms with Crippen LogP contribution in [-0.4, -0.2) is 36.4 Å². The Morgan fingerprint density at radius 3 is 1.50 bits per heavy atom. The molecule has 0 saturated carbocycles. The summed E-state index contributed by atoms with van der Waals surface area (Å²) in [5.74, 6) is 2.33. The molecule has 4 nitrogen and oxygen atoms in total. The molecule has 0 fully saturated rings. The van der Waals surface area contributed by atoms with Crippen LogP contribution < -0.4 is 10.6 Å². The van der Waals surface area contributed by atoms with Gasteiger partial charge in [-0.25, -0.2) is 0 Å². The molecule has 0 aliphatic rings. The molecule has 0 rings (SSSR count). The van der Waals surface area contributed by atoms with Crippen LogP contribution in [0.15, 0.2) is 0 Å². The summed E-state index contributed by atoms with van der Waals surface area (Å²) in [6.45, 7) is 5.85. The third-order valence-electron chi connectivity index (χ3n) is 3.05. The minimum absolute atomic E-state index is 0.169. The van der Waals surface area contributed by atoms with Crippen LogP contribution in [0.2, 0.25) is 0 Å². The van der Waals surface area contributed by atoms with Crippen LogP contribution in [0.1, 0.15) is 65.2 Å². The third-order valence-corrected chi connectivity index (χ3v) is 5.63. The highest BCUT2D eigenvalue weighted by molar-refractivity contribution is 8.76. The second kappa shape index (κ2) is 17.0. The van der Waals surface area contributed by atoms with Crippen molar-refractivity contribution in [3.05, 3.63) is 0 Å². The van der Waals surface area contributed by atoms with Gasteiger partial charge in [0.05, 0.1) is 0 Å². The zero-order chi connectivity index (χ0) is 16.5. The molecule has 0 radical (unpaired) electrons. The lowest BCUT2D eigenvalue weighted by Gasteiger charge is -2.05. The van der Waals surface area contributed by atoms with E-state index >= 15 is 0 Å². The first-order valence-electron chi connectivity index (χ1n) is 8.48. The fraction of sp³-hybridized carbons (Fsp3) is 0.875. The first-order chi connectivity index (χ1) is 10.7. The summed E-state index contributed by atoms with van der Waals surface area (Å²) in [7, 11) is 3.60. The Morgan fingerprint density at radius 2 is 1.14 bits per heavy atom. The monoisotopic (exact) mass is 348 g/mol. The maximum absolute atomic E-state index is 11.5. The van der Waals surface area contributed by atoms with Crippen molar-refractivity contribution in [3.63, 3.8) is 0 Å². The highest BCUT2D eigenvalue weighted by Gasteiger charge is 2.02. The standard InChI is InChI=1S/C16H32N2O2S2/c1-3-5-11-17-15(19)9-7-13-21-22-14-8-10-16(20)18-12-6-4-2/h3-14H2,1-2H3,(H,17,19)(H,18,20). The van der Waals surface area contributed by atoms with Gasteiger partial charge in [-0.15, -0.1) is 0 Å². The predicted octanol–water partition coefficient (Wildman–Crippen LogP) is 3.76. The van der Waals surface area contributed by atoms with E-state index in [2.05, 4.69) is 24.5 Å². The van der Waals surface area contributed by atoms with Crippen LogP contribution in [0, 0.1) is 0 Å². The van der Waals surface area contributed by atoms with E-state index in [1.807, 2.05) is 0 Å². The third kappa shape index (κ3) is 16.0. The van der Waals surface area contributed by atoms with Gasteiger partial charge >= 0.3 is 0 Å². The lowest BCUT2D eigenvalue weighted by Crippen LogP contribution is -2.24. The summed E-state index contributed by atoms with van der Waals surface area (Å²) in [5.41, 5.74) is 0. The Balaban J connectivity index is 3.23. The van der Waals surface area contributed by atoms with Gasteiger partial charge in [0.15, 0.2) is 0 Å². The predicted molar refractivity (Wildman–Crippen MR) is 99.2 cm³/mol. The molecule has 0 saturated heterocycles. The fourth-order valence-corrected chi connectivity index (χ4v) is 3.86. The molecule has 0 aliphatic carbocycles. The number of unbranched alkanes of at least 4 members (excludes halogenated alkanes) is 2. The quantitative estimate of drug-likeness (QED) is 0.349. The molecule has 0 bridgehead atoms. The maximum Gasteiger partial charge on any atom is 0.220 e. The molecule has 0 unspecified atom stereocenters. The molecule has 6 heteroatoms. The summed E-state index contributed by atoms with van der Waals surface area (Å²) in [6.07, 6.45) is 7.44. The van der Waals surface area contributed by atoms with E-state index in [0.29, 0.717) is 12.8 Å². The van der Waals surface area contributed by atoms with E-state index in [0.717, 1.165) is 63.1 Å². The lowest BCUT2D eigenvalue weighted by atomic mass is 10.3. The average Bonchev–Trinajstić information content (AvgIpc) is 2.50. The van der Waals surface area contributed by atoms with Crippen LogP contribution in [0.4, 0.5) is 0 Å². The van der Waals surface area contributed by atoms with E-state index in [1.165, 1.54) is 0 Å². The smallest absolute Gasteiger partial charge is 0.220 e. The molecule has 0 aromatic carbocycles. The molecule has 0 aliphatic heterocycles. The highest BCUT2D eigenvalue weighted by Crippen LogP contribution is 2.23. The largest absolute Gasteiger partial charge is 0.356 e. The van der Waals surface area contributed by atoms with Gasteiger partial charge in [0.25, 0.3) is 0 Å². The van der Waals surface area contributed by atoms with Gasteiger partial charge < -0.3 is 10.6 Å². The molecular formula is C16H32N2O2S2. The average molecular weight is 349 g/mol. The number of rotatable bonds is 15. The number of hydrogen-bond donors (Lipinski definition) is 2.